The molecule has 2 aromatic heterocycles. The predicted octanol–water partition coefficient (Wildman–Crippen LogP) is 4.14. The molecule has 1 saturated heterocycles. The SMILES string of the molecule is CCc1c(C(=O)N2CCN(C3CCc4ccccc4C3)CC2)c(=O)cc(C)n1Cc1cccs1. The van der Waals surface area contributed by atoms with E-state index in [2.05, 4.69) is 45.2 Å². The minimum atomic E-state index is -0.145. The van der Waals surface area contributed by atoms with Gasteiger partial charge >= 0.3 is 0 Å². The molecular weight excluding hydrogens is 442 g/mol. The fraction of sp³-hybridized carbons (Fsp3) is 0.429. The maximum atomic E-state index is 13.6. The molecule has 6 heteroatoms. The Hall–Kier alpha value is -2.70. The quantitative estimate of drug-likeness (QED) is 0.557. The molecule has 1 aliphatic carbocycles. The van der Waals surface area contributed by atoms with E-state index < -0.39 is 0 Å². The topological polar surface area (TPSA) is 45.6 Å². The first-order chi connectivity index (χ1) is 16.5. The van der Waals surface area contributed by atoms with E-state index in [0.29, 0.717) is 37.7 Å². The van der Waals surface area contributed by atoms with Gasteiger partial charge in [-0.05, 0) is 55.2 Å². The standard InChI is InChI=1S/C28H33N3O2S/c1-3-25-27(26(32)17-20(2)31(25)19-24-9-6-16-34-24)28(33)30-14-12-29(13-15-30)23-11-10-21-7-4-5-8-22(21)18-23/h4-9,16-17,23H,3,10-15,18-19H2,1-2H3. The molecule has 0 saturated carbocycles. The maximum Gasteiger partial charge on any atom is 0.259 e. The zero-order valence-electron chi connectivity index (χ0n) is 20.1. The number of carbonyl (C=O) groups excluding carboxylic acids is 1. The number of aromatic nitrogens is 1. The molecule has 1 atom stereocenters. The lowest BCUT2D eigenvalue weighted by Gasteiger charge is -2.41. The molecule has 178 valence electrons. The number of carbonyl (C=O) groups is 1. The molecule has 3 aromatic rings. The highest BCUT2D eigenvalue weighted by atomic mass is 32.1. The third-order valence-corrected chi connectivity index (χ3v) is 8.37. The van der Waals surface area contributed by atoms with Gasteiger partial charge in [0.1, 0.15) is 5.56 Å². The summed E-state index contributed by atoms with van der Waals surface area (Å²) in [5, 5.41) is 2.06. The number of pyridine rings is 1. The molecule has 5 rings (SSSR count). The number of piperazine rings is 1. The summed E-state index contributed by atoms with van der Waals surface area (Å²) in [6.07, 6.45) is 4.06. The molecule has 34 heavy (non-hydrogen) atoms. The van der Waals surface area contributed by atoms with Crippen LogP contribution in [0.25, 0.3) is 0 Å². The first-order valence-corrected chi connectivity index (χ1v) is 13.3. The molecule has 1 unspecified atom stereocenters. The van der Waals surface area contributed by atoms with Gasteiger partial charge in [-0.3, -0.25) is 14.5 Å². The lowest BCUT2D eigenvalue weighted by molar-refractivity contribution is 0.0550. The second-order valence-corrected chi connectivity index (χ2v) is 10.5. The fourth-order valence-electron chi connectivity index (χ4n) is 5.64. The number of fused-ring (bicyclic) bond motifs is 1. The van der Waals surface area contributed by atoms with Gasteiger partial charge in [-0.2, -0.15) is 0 Å². The average Bonchev–Trinajstić information content (AvgIpc) is 3.38. The summed E-state index contributed by atoms with van der Waals surface area (Å²) in [6, 6.07) is 15.1. The number of thiophene rings is 1. The van der Waals surface area contributed by atoms with E-state index in [1.807, 2.05) is 24.8 Å². The van der Waals surface area contributed by atoms with Crippen LogP contribution in [0.15, 0.2) is 52.6 Å². The number of hydrogen-bond donors (Lipinski definition) is 0. The van der Waals surface area contributed by atoms with E-state index in [9.17, 15) is 9.59 Å². The Bertz CT molecular complexity index is 1220. The molecule has 1 aromatic carbocycles. The van der Waals surface area contributed by atoms with Gasteiger partial charge in [0.05, 0.1) is 6.54 Å². The van der Waals surface area contributed by atoms with Gasteiger partial charge in [0.15, 0.2) is 5.43 Å². The minimum Gasteiger partial charge on any atom is -0.343 e. The molecule has 1 amide bonds. The molecule has 1 aliphatic heterocycles. The Morgan fingerprint density at radius 1 is 1.06 bits per heavy atom. The monoisotopic (exact) mass is 475 g/mol. The van der Waals surface area contributed by atoms with E-state index in [1.54, 1.807) is 17.4 Å². The average molecular weight is 476 g/mol. The molecule has 1 fully saturated rings. The van der Waals surface area contributed by atoms with Crippen LogP contribution in [0.1, 0.15) is 51.1 Å². The second kappa shape index (κ2) is 9.88. The van der Waals surface area contributed by atoms with Crippen molar-refractivity contribution in [1.29, 1.82) is 0 Å². The summed E-state index contributed by atoms with van der Waals surface area (Å²) in [7, 11) is 0. The lowest BCUT2D eigenvalue weighted by Crippen LogP contribution is -2.53. The van der Waals surface area contributed by atoms with Crippen LogP contribution in [-0.4, -0.2) is 52.5 Å². The van der Waals surface area contributed by atoms with Gasteiger partial charge in [0, 0.05) is 54.6 Å². The van der Waals surface area contributed by atoms with Gasteiger partial charge in [-0.25, -0.2) is 0 Å². The molecule has 2 aliphatic rings. The third kappa shape index (κ3) is 4.49. The molecule has 0 bridgehead atoms. The van der Waals surface area contributed by atoms with Crippen molar-refractivity contribution in [3.8, 4) is 0 Å². The van der Waals surface area contributed by atoms with Crippen molar-refractivity contribution in [2.75, 3.05) is 26.2 Å². The first-order valence-electron chi connectivity index (χ1n) is 12.4. The van der Waals surface area contributed by atoms with Gasteiger partial charge in [-0.15, -0.1) is 11.3 Å². The van der Waals surface area contributed by atoms with Crippen LogP contribution in [0.3, 0.4) is 0 Å². The predicted molar refractivity (Wildman–Crippen MR) is 138 cm³/mol. The Balaban J connectivity index is 1.31. The van der Waals surface area contributed by atoms with Crippen LogP contribution in [0.2, 0.25) is 0 Å². The highest BCUT2D eigenvalue weighted by Crippen LogP contribution is 2.26. The minimum absolute atomic E-state index is 0.101. The van der Waals surface area contributed by atoms with Crippen LogP contribution in [0, 0.1) is 6.92 Å². The second-order valence-electron chi connectivity index (χ2n) is 9.48. The molecule has 5 nitrogen and oxygen atoms in total. The number of amides is 1. The van der Waals surface area contributed by atoms with Crippen molar-refractivity contribution in [2.45, 2.75) is 52.1 Å². The van der Waals surface area contributed by atoms with E-state index in [-0.39, 0.29) is 11.3 Å². The van der Waals surface area contributed by atoms with Crippen LogP contribution in [0.5, 0.6) is 0 Å². The van der Waals surface area contributed by atoms with Gasteiger partial charge in [0.25, 0.3) is 5.91 Å². The van der Waals surface area contributed by atoms with Gasteiger partial charge < -0.3 is 9.47 Å². The normalized spacial score (nSPS) is 18.6. The highest BCUT2D eigenvalue weighted by molar-refractivity contribution is 7.09. The van der Waals surface area contributed by atoms with Crippen molar-refractivity contribution in [3.63, 3.8) is 0 Å². The van der Waals surface area contributed by atoms with E-state index >= 15 is 0 Å². The summed E-state index contributed by atoms with van der Waals surface area (Å²) in [6.45, 7) is 7.80. The summed E-state index contributed by atoms with van der Waals surface area (Å²) >= 11 is 1.70. The summed E-state index contributed by atoms with van der Waals surface area (Å²) in [4.78, 5) is 32.3. The van der Waals surface area contributed by atoms with E-state index in [0.717, 1.165) is 37.3 Å². The smallest absolute Gasteiger partial charge is 0.259 e. The molecule has 3 heterocycles. The highest BCUT2D eigenvalue weighted by Gasteiger charge is 2.31. The summed E-state index contributed by atoms with van der Waals surface area (Å²) in [5.41, 5.74) is 4.94. The number of benzene rings is 1. The molecular formula is C28H33N3O2S. The van der Waals surface area contributed by atoms with Gasteiger partial charge in [0.2, 0.25) is 0 Å². The third-order valence-electron chi connectivity index (χ3n) is 7.51. The van der Waals surface area contributed by atoms with Crippen LogP contribution in [0.4, 0.5) is 0 Å². The zero-order chi connectivity index (χ0) is 23.7. The number of rotatable bonds is 5. The lowest BCUT2D eigenvalue weighted by atomic mass is 9.87. The zero-order valence-corrected chi connectivity index (χ0v) is 20.9. The Morgan fingerprint density at radius 3 is 2.53 bits per heavy atom. The maximum absolute atomic E-state index is 13.6. The van der Waals surface area contributed by atoms with Crippen LogP contribution >= 0.6 is 11.3 Å². The summed E-state index contributed by atoms with van der Waals surface area (Å²) < 4.78 is 2.15. The van der Waals surface area contributed by atoms with Crippen molar-refractivity contribution in [3.05, 3.63) is 91.0 Å². The fourth-order valence-corrected chi connectivity index (χ4v) is 6.34. The van der Waals surface area contributed by atoms with Crippen molar-refractivity contribution >= 4 is 17.2 Å². The summed E-state index contributed by atoms with van der Waals surface area (Å²) in [5.74, 6) is -0.101. The Kier molecular flexibility index (Phi) is 6.70. The van der Waals surface area contributed by atoms with Crippen LogP contribution < -0.4 is 5.43 Å². The van der Waals surface area contributed by atoms with Crippen molar-refractivity contribution in [2.24, 2.45) is 0 Å². The largest absolute Gasteiger partial charge is 0.343 e. The molecule has 0 radical (unpaired) electrons. The molecule has 0 spiro atoms. The number of hydrogen-bond acceptors (Lipinski definition) is 4. The van der Waals surface area contributed by atoms with E-state index in [1.165, 1.54) is 22.4 Å². The van der Waals surface area contributed by atoms with Crippen molar-refractivity contribution < 1.29 is 4.79 Å². The molecule has 0 N–H and O–H groups in total. The first kappa shape index (κ1) is 23.1. The van der Waals surface area contributed by atoms with Crippen molar-refractivity contribution in [1.82, 2.24) is 14.4 Å². The Morgan fingerprint density at radius 2 is 1.82 bits per heavy atom. The van der Waals surface area contributed by atoms with E-state index in [4.69, 9.17) is 0 Å². The number of nitrogens with zero attached hydrogens (tertiary/aromatic N) is 3. The Labute approximate surface area is 205 Å². The van der Waals surface area contributed by atoms with Gasteiger partial charge in [-0.1, -0.05) is 37.3 Å². The number of aryl methyl sites for hydroxylation is 2. The van der Waals surface area contributed by atoms with Crippen LogP contribution in [-0.2, 0) is 25.8 Å².